The Morgan fingerprint density at radius 1 is 1.33 bits per heavy atom. The molecule has 0 spiro atoms. The van der Waals surface area contributed by atoms with Crippen LogP contribution in [0.4, 0.5) is 10.1 Å². The third-order valence-electron chi connectivity index (χ3n) is 4.09. The van der Waals surface area contributed by atoms with Crippen molar-refractivity contribution >= 4 is 23.2 Å². The molecular weight excluding hydrogens is 293 g/mol. The van der Waals surface area contributed by atoms with E-state index in [0.717, 1.165) is 31.7 Å². The van der Waals surface area contributed by atoms with Gasteiger partial charge in [-0.2, -0.15) is 0 Å². The Morgan fingerprint density at radius 2 is 1.95 bits per heavy atom. The Hall–Kier alpha value is -1.33. The van der Waals surface area contributed by atoms with E-state index in [0.29, 0.717) is 6.04 Å². The highest BCUT2D eigenvalue weighted by atomic mass is 35.5. The molecule has 0 aromatic heterocycles. The minimum absolute atomic E-state index is 0.0519. The molecule has 116 valence electrons. The van der Waals surface area contributed by atoms with Gasteiger partial charge in [0.1, 0.15) is 5.82 Å². The van der Waals surface area contributed by atoms with Gasteiger partial charge >= 0.3 is 0 Å². The molecule has 6 heteroatoms. The minimum Gasteiger partial charge on any atom is -0.397 e. The average Bonchev–Trinajstić information content (AvgIpc) is 2.43. The summed E-state index contributed by atoms with van der Waals surface area (Å²) in [5.41, 5.74) is 5.59. The molecule has 0 heterocycles. The summed E-state index contributed by atoms with van der Waals surface area (Å²) in [5, 5.41) is 3.08. The lowest BCUT2D eigenvalue weighted by atomic mass is 9.90. The fourth-order valence-electron chi connectivity index (χ4n) is 2.74. The van der Waals surface area contributed by atoms with Crippen LogP contribution in [0.2, 0.25) is 5.02 Å². The number of carbonyl (C=O) groups excluding carboxylic acids is 1. The van der Waals surface area contributed by atoms with Crippen molar-refractivity contribution in [2.45, 2.75) is 37.8 Å². The summed E-state index contributed by atoms with van der Waals surface area (Å²) in [4.78, 5) is 14.4. The number of nitrogens with two attached hydrogens (primary N) is 1. The maximum Gasteiger partial charge on any atom is 0.254 e. The number of amides is 1. The van der Waals surface area contributed by atoms with Gasteiger partial charge < -0.3 is 16.0 Å². The van der Waals surface area contributed by atoms with Crippen LogP contribution in [0, 0.1) is 5.82 Å². The highest BCUT2D eigenvalue weighted by Gasteiger charge is 2.24. The monoisotopic (exact) mass is 313 g/mol. The largest absolute Gasteiger partial charge is 0.397 e. The quantitative estimate of drug-likeness (QED) is 0.844. The number of nitrogen functional groups attached to an aromatic ring is 1. The van der Waals surface area contributed by atoms with Crippen LogP contribution in [0.25, 0.3) is 0 Å². The summed E-state index contributed by atoms with van der Waals surface area (Å²) in [6.07, 6.45) is 3.86. The third-order valence-corrected chi connectivity index (χ3v) is 4.42. The molecule has 1 amide bonds. The fourth-order valence-corrected chi connectivity index (χ4v) is 2.90. The normalized spacial score (nSPS) is 22.3. The Labute approximate surface area is 129 Å². The van der Waals surface area contributed by atoms with E-state index in [2.05, 4.69) is 24.3 Å². The lowest BCUT2D eigenvalue weighted by Crippen LogP contribution is -2.42. The molecule has 21 heavy (non-hydrogen) atoms. The summed E-state index contributed by atoms with van der Waals surface area (Å²) in [6.45, 7) is 0. The lowest BCUT2D eigenvalue weighted by Gasteiger charge is -2.33. The molecular formula is C15H21ClFN3O. The molecule has 1 aromatic rings. The summed E-state index contributed by atoms with van der Waals surface area (Å²) in [6, 6.07) is 3.01. The van der Waals surface area contributed by atoms with Crippen molar-refractivity contribution in [2.24, 2.45) is 0 Å². The van der Waals surface area contributed by atoms with Crippen molar-refractivity contribution in [3.8, 4) is 0 Å². The highest BCUT2D eigenvalue weighted by Crippen LogP contribution is 2.24. The molecule has 1 saturated carbocycles. The first-order chi connectivity index (χ1) is 9.88. The number of nitrogens with zero attached hydrogens (tertiary/aromatic N) is 1. The van der Waals surface area contributed by atoms with Gasteiger partial charge in [0.25, 0.3) is 5.91 Å². The van der Waals surface area contributed by atoms with E-state index in [4.69, 9.17) is 17.3 Å². The number of hydrogen-bond acceptors (Lipinski definition) is 3. The van der Waals surface area contributed by atoms with E-state index < -0.39 is 11.7 Å². The van der Waals surface area contributed by atoms with E-state index in [9.17, 15) is 9.18 Å². The van der Waals surface area contributed by atoms with Crippen molar-refractivity contribution < 1.29 is 9.18 Å². The van der Waals surface area contributed by atoms with Gasteiger partial charge in [-0.25, -0.2) is 4.39 Å². The Morgan fingerprint density at radius 3 is 2.52 bits per heavy atom. The summed E-state index contributed by atoms with van der Waals surface area (Å²) in [7, 11) is 4.13. The van der Waals surface area contributed by atoms with E-state index >= 15 is 0 Å². The summed E-state index contributed by atoms with van der Waals surface area (Å²) < 4.78 is 13.8. The number of benzene rings is 1. The summed E-state index contributed by atoms with van der Waals surface area (Å²) >= 11 is 5.85. The van der Waals surface area contributed by atoms with Gasteiger partial charge in [-0.3, -0.25) is 4.79 Å². The molecule has 1 fully saturated rings. The molecule has 2 rings (SSSR count). The Bertz CT molecular complexity index is 528. The third kappa shape index (κ3) is 3.86. The number of rotatable bonds is 3. The first-order valence-corrected chi connectivity index (χ1v) is 7.48. The van der Waals surface area contributed by atoms with Gasteiger partial charge in [-0.1, -0.05) is 11.6 Å². The number of nitrogens with one attached hydrogen (secondary N) is 1. The van der Waals surface area contributed by atoms with Gasteiger partial charge in [0.05, 0.1) is 16.3 Å². The standard InChI is InChI=1S/C15H21ClFN3O/c1-20(2)10-5-3-9(4-6-10)19-15(21)11-7-12(16)14(18)8-13(11)17/h7-10H,3-6,18H2,1-2H3,(H,19,21). The van der Waals surface area contributed by atoms with Gasteiger partial charge in [0.15, 0.2) is 0 Å². The maximum absolute atomic E-state index is 13.8. The minimum atomic E-state index is -0.642. The first kappa shape index (κ1) is 16.0. The van der Waals surface area contributed by atoms with E-state index in [1.165, 1.54) is 6.07 Å². The first-order valence-electron chi connectivity index (χ1n) is 7.10. The second-order valence-electron chi connectivity index (χ2n) is 5.80. The fraction of sp³-hybridized carbons (Fsp3) is 0.533. The molecule has 3 N–H and O–H groups in total. The molecule has 4 nitrogen and oxygen atoms in total. The molecule has 0 aliphatic heterocycles. The average molecular weight is 314 g/mol. The zero-order chi connectivity index (χ0) is 15.6. The van der Waals surface area contributed by atoms with Crippen molar-refractivity contribution in [2.75, 3.05) is 19.8 Å². The Kier molecular flexibility index (Phi) is 5.06. The van der Waals surface area contributed by atoms with Crippen molar-refractivity contribution in [1.29, 1.82) is 0 Å². The molecule has 0 atom stereocenters. The molecule has 1 aliphatic rings. The predicted octanol–water partition coefficient (Wildman–Crippen LogP) is 2.66. The van der Waals surface area contributed by atoms with E-state index in [1.807, 2.05) is 0 Å². The predicted molar refractivity (Wildman–Crippen MR) is 83.0 cm³/mol. The zero-order valence-electron chi connectivity index (χ0n) is 12.3. The van der Waals surface area contributed by atoms with Gasteiger partial charge in [-0.05, 0) is 51.9 Å². The number of anilines is 1. The SMILES string of the molecule is CN(C)C1CCC(NC(=O)c2cc(Cl)c(N)cc2F)CC1. The van der Waals surface area contributed by atoms with Crippen LogP contribution >= 0.6 is 11.6 Å². The van der Waals surface area contributed by atoms with E-state index in [1.54, 1.807) is 0 Å². The van der Waals surface area contributed by atoms with Crippen LogP contribution in [-0.2, 0) is 0 Å². The number of halogens is 2. The van der Waals surface area contributed by atoms with Crippen LogP contribution < -0.4 is 11.1 Å². The topological polar surface area (TPSA) is 58.4 Å². The van der Waals surface area contributed by atoms with Gasteiger partial charge in [0, 0.05) is 12.1 Å². The number of hydrogen-bond donors (Lipinski definition) is 2. The van der Waals surface area contributed by atoms with Crippen LogP contribution in [0.3, 0.4) is 0 Å². The van der Waals surface area contributed by atoms with Crippen molar-refractivity contribution in [3.63, 3.8) is 0 Å². The summed E-state index contributed by atoms with van der Waals surface area (Å²) in [5.74, 6) is -1.07. The lowest BCUT2D eigenvalue weighted by molar-refractivity contribution is 0.0912. The Balaban J connectivity index is 1.98. The molecule has 0 saturated heterocycles. The van der Waals surface area contributed by atoms with Crippen molar-refractivity contribution in [3.05, 3.63) is 28.5 Å². The second-order valence-corrected chi connectivity index (χ2v) is 6.20. The van der Waals surface area contributed by atoms with Gasteiger partial charge in [-0.15, -0.1) is 0 Å². The van der Waals surface area contributed by atoms with Crippen LogP contribution in [-0.4, -0.2) is 37.0 Å². The van der Waals surface area contributed by atoms with E-state index in [-0.39, 0.29) is 22.3 Å². The zero-order valence-corrected chi connectivity index (χ0v) is 13.1. The smallest absolute Gasteiger partial charge is 0.254 e. The highest BCUT2D eigenvalue weighted by molar-refractivity contribution is 6.33. The molecule has 1 aromatic carbocycles. The molecule has 0 radical (unpaired) electrons. The van der Waals surface area contributed by atoms with Crippen molar-refractivity contribution in [1.82, 2.24) is 10.2 Å². The van der Waals surface area contributed by atoms with Crippen LogP contribution in [0.1, 0.15) is 36.0 Å². The van der Waals surface area contributed by atoms with Crippen LogP contribution in [0.15, 0.2) is 12.1 Å². The van der Waals surface area contributed by atoms with Gasteiger partial charge in [0.2, 0.25) is 0 Å². The number of carbonyl (C=O) groups is 1. The molecule has 0 bridgehead atoms. The molecule has 0 unspecified atom stereocenters. The molecule has 1 aliphatic carbocycles. The maximum atomic E-state index is 13.8. The second kappa shape index (κ2) is 6.62. The van der Waals surface area contributed by atoms with Crippen LogP contribution in [0.5, 0.6) is 0 Å².